The van der Waals surface area contributed by atoms with Gasteiger partial charge in [-0.3, -0.25) is 28.8 Å². The van der Waals surface area contributed by atoms with E-state index in [1.165, 1.54) is 0 Å². The van der Waals surface area contributed by atoms with Gasteiger partial charge >= 0.3 is 11.9 Å². The minimum absolute atomic E-state index is 0. The highest BCUT2D eigenvalue weighted by atomic mass is 35.5. The number of hydrogen-bond acceptors (Lipinski definition) is 14. The van der Waals surface area contributed by atoms with E-state index in [0.717, 1.165) is 92.1 Å². The van der Waals surface area contributed by atoms with E-state index in [1.54, 1.807) is 0 Å². The zero-order chi connectivity index (χ0) is 55.6. The number of hydrogen-bond donors (Lipinski definition) is 4. The van der Waals surface area contributed by atoms with Crippen molar-refractivity contribution in [1.29, 1.82) is 0 Å². The molecule has 0 radical (unpaired) electrons. The molecule has 0 saturated heterocycles. The summed E-state index contributed by atoms with van der Waals surface area (Å²) in [6.45, 7) is 3.96. The van der Waals surface area contributed by atoms with Crippen LogP contribution in [-0.2, 0) is 47.7 Å². The maximum absolute atomic E-state index is 10.2. The molecule has 17 nitrogen and oxygen atoms in total. The number of aliphatic carboxylic acids is 2. The van der Waals surface area contributed by atoms with E-state index in [9.17, 15) is 39.0 Å². The van der Waals surface area contributed by atoms with Crippen LogP contribution in [0, 0.1) is 0 Å². The highest BCUT2D eigenvalue weighted by Gasteiger charge is 2.34. The Morgan fingerprint density at radius 2 is 0.718 bits per heavy atom. The number of halogens is 2. The quantitative estimate of drug-likeness (QED) is 0.0170. The molecule has 0 aliphatic carbocycles. The second kappa shape index (κ2) is 37.4. The fraction of sp³-hybridized carbons (Fsp3) is 0.220. The lowest BCUT2D eigenvalue weighted by Gasteiger charge is -2.22. The number of carbonyl (C=O) groups is 6. The van der Waals surface area contributed by atoms with E-state index in [1.807, 2.05) is 121 Å². The largest absolute Gasteiger partial charge is 0.494 e. The van der Waals surface area contributed by atoms with Crippen molar-refractivity contribution in [2.45, 2.75) is 58.5 Å². The van der Waals surface area contributed by atoms with Crippen molar-refractivity contribution in [2.24, 2.45) is 0 Å². The average Bonchev–Trinajstić information content (AvgIpc) is 3.43. The number of carboxylic acids is 2. The topological polar surface area (TPSA) is 270 Å². The molecule has 0 amide bonds. The average molecular weight is 1120 g/mol. The van der Waals surface area contributed by atoms with Crippen LogP contribution in [-0.4, -0.2) is 102 Å². The molecular weight excluding hydrogens is 1050 g/mol. The van der Waals surface area contributed by atoms with Crippen LogP contribution in [0.25, 0.3) is 21.2 Å². The molecule has 6 aromatic carbocycles. The van der Waals surface area contributed by atoms with Gasteiger partial charge in [-0.15, -0.1) is 0 Å². The molecule has 0 aliphatic rings. The summed E-state index contributed by atoms with van der Waals surface area (Å²) >= 11 is 13.6. The van der Waals surface area contributed by atoms with Gasteiger partial charge in [0.1, 0.15) is 24.3 Å². The first kappa shape index (κ1) is 67.7. The van der Waals surface area contributed by atoms with Gasteiger partial charge in [0, 0.05) is 11.1 Å². The Morgan fingerprint density at radius 3 is 0.962 bits per heavy atom. The Bertz CT molecular complexity index is 2550. The van der Waals surface area contributed by atoms with Crippen LogP contribution in [0.2, 0.25) is 0 Å². The second-order valence-electron chi connectivity index (χ2n) is 15.9. The van der Waals surface area contributed by atoms with Crippen molar-refractivity contribution in [3.63, 3.8) is 0 Å². The summed E-state index contributed by atoms with van der Waals surface area (Å²) in [7, 11) is 0. The Labute approximate surface area is 463 Å². The van der Waals surface area contributed by atoms with Crippen molar-refractivity contribution in [2.75, 3.05) is 26.4 Å². The molecule has 416 valence electrons. The van der Waals surface area contributed by atoms with E-state index in [4.69, 9.17) is 42.9 Å². The first-order chi connectivity index (χ1) is 36.7. The Hall–Kier alpha value is -8.32. The lowest BCUT2D eigenvalue weighted by molar-refractivity contribution is -0.221. The van der Waals surface area contributed by atoms with E-state index >= 15 is 0 Å². The van der Waals surface area contributed by atoms with Crippen LogP contribution in [0.3, 0.4) is 0 Å². The third kappa shape index (κ3) is 24.1. The van der Waals surface area contributed by atoms with Gasteiger partial charge in [0.15, 0.2) is 13.2 Å². The summed E-state index contributed by atoms with van der Waals surface area (Å²) in [6.07, 6.45) is 0.271. The maximum Gasteiger partial charge on any atom is 0.310 e. The van der Waals surface area contributed by atoms with Gasteiger partial charge in [-0.2, -0.15) is 0 Å². The van der Waals surface area contributed by atoms with Crippen molar-refractivity contribution in [1.82, 2.24) is 0 Å². The zero-order valence-corrected chi connectivity index (χ0v) is 43.6. The molecule has 0 fully saturated rings. The van der Waals surface area contributed by atoms with Crippen LogP contribution < -0.4 is 9.47 Å². The van der Waals surface area contributed by atoms with Crippen molar-refractivity contribution in [3.05, 3.63) is 203 Å². The molecule has 0 spiro atoms. The van der Waals surface area contributed by atoms with Crippen LogP contribution in [0.5, 0.6) is 11.5 Å². The second-order valence-corrected chi connectivity index (χ2v) is 16.6. The molecule has 0 heterocycles. The molecule has 2 unspecified atom stereocenters. The fourth-order valence-electron chi connectivity index (χ4n) is 6.62. The van der Waals surface area contributed by atoms with Crippen LogP contribution in [0.1, 0.15) is 80.3 Å². The number of aliphatic hydroxyl groups is 2. The highest BCUT2D eigenvalue weighted by molar-refractivity contribution is 6.53. The molecular formula is C59H64Cl2O17. The summed E-state index contributed by atoms with van der Waals surface area (Å²) in [5.41, 5.74) is 8.40. The molecule has 78 heavy (non-hydrogen) atoms. The van der Waals surface area contributed by atoms with Gasteiger partial charge in [-0.1, -0.05) is 190 Å². The van der Waals surface area contributed by atoms with Crippen molar-refractivity contribution < 1.29 is 83.1 Å². The van der Waals surface area contributed by atoms with E-state index < -0.39 is 49.6 Å². The SMILES string of the molecule is C.CCCOc1ccc(/C(=C(/Cl)c2ccccc2)c2ccccc2)cc1.CCCOc1ccc(/C(=C(/Cl)c2ccccc2)c2ccccc2)cc1.O.O=COCC(O)(CC(=O)O)OC=O.O=COCC(O)(CC(=O)O)OC=O. The maximum atomic E-state index is 10.2. The standard InChI is InChI=1S/2C23H21ClO.2C6H8O7.CH4.H2O/c2*1-2-17-25-21-15-13-19(14-16-21)22(18-9-5-3-6-10-18)23(24)20-11-7-4-8-12-20;2*7-3-12-2-6(11,13-4-8)1-5(9)10;;/h2*3-16H,2,17H2,1H3;2*3-4,11H,1-2H2,(H,9,10);1H4;1H2/b2*23-22+;;;;. The van der Waals surface area contributed by atoms with Crippen LogP contribution >= 0.6 is 23.2 Å². The summed E-state index contributed by atoms with van der Waals surface area (Å²) < 4.78 is 27.6. The van der Waals surface area contributed by atoms with Gasteiger partial charge in [-0.25, -0.2) is 0 Å². The van der Waals surface area contributed by atoms with Gasteiger partial charge < -0.3 is 54.3 Å². The smallest absolute Gasteiger partial charge is 0.310 e. The van der Waals surface area contributed by atoms with Crippen LogP contribution in [0.15, 0.2) is 170 Å². The monoisotopic (exact) mass is 1110 g/mol. The third-order valence-electron chi connectivity index (χ3n) is 9.99. The number of carboxylic acid groups (broad SMARTS) is 2. The Kier molecular flexibility index (Phi) is 32.5. The van der Waals surface area contributed by atoms with Gasteiger partial charge in [0.05, 0.1) is 23.3 Å². The predicted octanol–water partition coefficient (Wildman–Crippen LogP) is 10.1. The number of rotatable bonds is 26. The molecule has 0 aliphatic heterocycles. The van der Waals surface area contributed by atoms with E-state index in [0.29, 0.717) is 0 Å². The Balaban J connectivity index is 0.000000541. The van der Waals surface area contributed by atoms with Crippen LogP contribution in [0.4, 0.5) is 0 Å². The molecule has 0 aromatic heterocycles. The number of carbonyl (C=O) groups excluding carboxylic acids is 4. The first-order valence-electron chi connectivity index (χ1n) is 23.4. The normalized spacial score (nSPS) is 12.2. The summed E-state index contributed by atoms with van der Waals surface area (Å²) in [4.78, 5) is 59.4. The zero-order valence-electron chi connectivity index (χ0n) is 42.1. The third-order valence-corrected chi connectivity index (χ3v) is 10.8. The lowest BCUT2D eigenvalue weighted by atomic mass is 9.95. The molecule has 0 bridgehead atoms. The molecule has 6 aromatic rings. The molecule has 2 atom stereocenters. The van der Waals surface area contributed by atoms with Gasteiger partial charge in [0.2, 0.25) is 0 Å². The predicted molar refractivity (Wildman–Crippen MR) is 297 cm³/mol. The lowest BCUT2D eigenvalue weighted by Crippen LogP contribution is -2.39. The minimum atomic E-state index is -2.30. The van der Waals surface area contributed by atoms with E-state index in [2.05, 4.69) is 81.3 Å². The summed E-state index contributed by atoms with van der Waals surface area (Å²) in [6, 6.07) is 56.9. The molecule has 0 saturated carbocycles. The molecule has 19 heteroatoms. The van der Waals surface area contributed by atoms with Gasteiger partial charge in [-0.05, 0) is 70.5 Å². The fourth-order valence-corrected chi connectivity index (χ4v) is 7.31. The van der Waals surface area contributed by atoms with Crippen molar-refractivity contribution >= 4 is 82.2 Å². The minimum Gasteiger partial charge on any atom is -0.494 e. The molecule has 6 rings (SSSR count). The first-order valence-corrected chi connectivity index (χ1v) is 24.1. The number of benzene rings is 6. The summed E-state index contributed by atoms with van der Waals surface area (Å²) in [5.74, 6) is -5.61. The Morgan fingerprint density at radius 1 is 0.449 bits per heavy atom. The molecule has 6 N–H and O–H groups in total. The highest BCUT2D eigenvalue weighted by Crippen LogP contribution is 2.37. The summed E-state index contributed by atoms with van der Waals surface area (Å²) in [5, 5.41) is 36.4. The van der Waals surface area contributed by atoms with Crippen molar-refractivity contribution in [3.8, 4) is 11.5 Å². The number of ether oxygens (including phenoxy) is 6. The van der Waals surface area contributed by atoms with Gasteiger partial charge in [0.25, 0.3) is 37.5 Å². The van der Waals surface area contributed by atoms with E-state index in [-0.39, 0.29) is 38.8 Å².